The fourth-order valence-corrected chi connectivity index (χ4v) is 2.53. The first-order chi connectivity index (χ1) is 11.0. The lowest BCUT2D eigenvalue weighted by atomic mass is 9.96. The number of nitrogens with zero attached hydrogens (tertiary/aromatic N) is 1. The van der Waals surface area contributed by atoms with Gasteiger partial charge in [0.25, 0.3) is 0 Å². The molecule has 5 nitrogen and oxygen atoms in total. The van der Waals surface area contributed by atoms with Crippen LogP contribution in [0, 0.1) is 11.8 Å². The third-order valence-electron chi connectivity index (χ3n) is 4.13. The number of hydrogen-bond acceptors (Lipinski definition) is 3. The summed E-state index contributed by atoms with van der Waals surface area (Å²) in [5.74, 6) is 1.56. The van der Waals surface area contributed by atoms with Crippen LogP contribution in [0.5, 0.6) is 5.75 Å². The Morgan fingerprint density at radius 2 is 2.26 bits per heavy atom. The summed E-state index contributed by atoms with van der Waals surface area (Å²) in [6.45, 7) is 8.48. The highest BCUT2D eigenvalue weighted by molar-refractivity contribution is 5.74. The number of urea groups is 1. The lowest BCUT2D eigenvalue weighted by molar-refractivity contribution is 0.0435. The van der Waals surface area contributed by atoms with Gasteiger partial charge in [0.15, 0.2) is 0 Å². The highest BCUT2D eigenvalue weighted by Gasteiger charge is 2.26. The molecule has 1 aromatic carbocycles. The molecule has 1 aliphatic rings. The predicted octanol–water partition coefficient (Wildman–Crippen LogP) is 2.63. The monoisotopic (exact) mass is 320 g/mol. The maximum atomic E-state index is 12.2. The zero-order chi connectivity index (χ0) is 16.8. The van der Waals surface area contributed by atoms with Crippen LogP contribution < -0.4 is 10.1 Å². The molecule has 1 aliphatic heterocycles. The van der Waals surface area contributed by atoms with E-state index in [9.17, 15) is 9.90 Å². The molecule has 23 heavy (non-hydrogen) atoms. The van der Waals surface area contributed by atoms with Gasteiger partial charge >= 0.3 is 6.03 Å². The van der Waals surface area contributed by atoms with Gasteiger partial charge < -0.3 is 20.1 Å². The molecule has 128 valence electrons. The summed E-state index contributed by atoms with van der Waals surface area (Å²) in [7, 11) is 0. The summed E-state index contributed by atoms with van der Waals surface area (Å²) in [6, 6.07) is 7.66. The van der Waals surface area contributed by atoms with Crippen LogP contribution in [0.4, 0.5) is 4.79 Å². The first kappa shape index (κ1) is 17.6. The minimum absolute atomic E-state index is 0.121. The van der Waals surface area contributed by atoms with Gasteiger partial charge in [0.2, 0.25) is 0 Å². The van der Waals surface area contributed by atoms with Gasteiger partial charge in [-0.3, -0.25) is 0 Å². The van der Waals surface area contributed by atoms with E-state index in [1.54, 1.807) is 4.90 Å². The zero-order valence-electron chi connectivity index (χ0n) is 14.3. The minimum atomic E-state index is -0.428. The maximum Gasteiger partial charge on any atom is 0.317 e. The molecule has 5 heteroatoms. The Bertz CT molecular complexity index is 519. The average molecular weight is 320 g/mol. The second-order valence-electron chi connectivity index (χ2n) is 6.79. The Balaban J connectivity index is 1.83. The molecule has 1 saturated heterocycles. The van der Waals surface area contributed by atoms with Gasteiger partial charge in [-0.2, -0.15) is 0 Å². The Kier molecular flexibility index (Phi) is 6.28. The van der Waals surface area contributed by atoms with Gasteiger partial charge in [0.1, 0.15) is 5.75 Å². The summed E-state index contributed by atoms with van der Waals surface area (Å²) >= 11 is 0. The van der Waals surface area contributed by atoms with E-state index in [1.807, 2.05) is 31.2 Å². The number of ether oxygens (including phenoxy) is 1. The molecule has 1 aromatic rings. The normalized spacial score (nSPS) is 21.3. The number of carbonyl (C=O) groups is 1. The molecule has 1 fully saturated rings. The molecular formula is C18H28N2O3. The van der Waals surface area contributed by atoms with Crippen LogP contribution >= 0.6 is 0 Å². The van der Waals surface area contributed by atoms with E-state index in [1.165, 1.54) is 0 Å². The molecule has 0 saturated carbocycles. The molecule has 0 bridgehead atoms. The molecule has 0 aliphatic carbocycles. The maximum absolute atomic E-state index is 12.2. The summed E-state index contributed by atoms with van der Waals surface area (Å²) in [4.78, 5) is 13.9. The predicted molar refractivity (Wildman–Crippen MR) is 90.4 cm³/mol. The van der Waals surface area contributed by atoms with E-state index in [-0.39, 0.29) is 11.9 Å². The van der Waals surface area contributed by atoms with Crippen LogP contribution in [0.1, 0.15) is 32.8 Å². The number of amides is 2. The molecule has 2 rings (SSSR count). The fraction of sp³-hybridized carbons (Fsp3) is 0.611. The zero-order valence-corrected chi connectivity index (χ0v) is 14.3. The van der Waals surface area contributed by atoms with Crippen molar-refractivity contribution in [2.24, 2.45) is 11.8 Å². The van der Waals surface area contributed by atoms with Crippen LogP contribution in [0.25, 0.3) is 0 Å². The first-order valence-electron chi connectivity index (χ1n) is 8.38. The molecule has 2 N–H and O–H groups in total. The number of hydrogen-bond donors (Lipinski definition) is 2. The molecule has 0 radical (unpaired) electrons. The van der Waals surface area contributed by atoms with E-state index < -0.39 is 6.10 Å². The van der Waals surface area contributed by atoms with E-state index in [0.717, 1.165) is 17.7 Å². The van der Waals surface area contributed by atoms with Gasteiger partial charge in [-0.1, -0.05) is 32.9 Å². The highest BCUT2D eigenvalue weighted by Crippen LogP contribution is 2.17. The van der Waals surface area contributed by atoms with Crippen molar-refractivity contribution in [3.05, 3.63) is 29.8 Å². The van der Waals surface area contributed by atoms with Crippen molar-refractivity contribution in [2.45, 2.75) is 39.8 Å². The molecule has 2 unspecified atom stereocenters. The average Bonchev–Trinajstić information content (AvgIpc) is 2.53. The molecular weight excluding hydrogens is 292 g/mol. The van der Waals surface area contributed by atoms with Crippen LogP contribution in [-0.4, -0.2) is 41.8 Å². The third-order valence-corrected chi connectivity index (χ3v) is 4.13. The van der Waals surface area contributed by atoms with E-state index >= 15 is 0 Å². The van der Waals surface area contributed by atoms with Crippen molar-refractivity contribution in [3.63, 3.8) is 0 Å². The van der Waals surface area contributed by atoms with Crippen molar-refractivity contribution in [1.82, 2.24) is 10.2 Å². The smallest absolute Gasteiger partial charge is 0.317 e. The minimum Gasteiger partial charge on any atom is -0.493 e. The van der Waals surface area contributed by atoms with Crippen molar-refractivity contribution < 1.29 is 14.6 Å². The van der Waals surface area contributed by atoms with Gasteiger partial charge in [-0.25, -0.2) is 4.79 Å². The van der Waals surface area contributed by atoms with Crippen LogP contribution in [0.15, 0.2) is 24.3 Å². The lowest BCUT2D eigenvalue weighted by Gasteiger charge is -2.34. The van der Waals surface area contributed by atoms with Crippen molar-refractivity contribution in [3.8, 4) is 5.75 Å². The number of aliphatic hydroxyl groups excluding tert-OH is 1. The quantitative estimate of drug-likeness (QED) is 0.877. The number of likely N-dealkylation sites (tertiary alicyclic amines) is 1. The second kappa shape index (κ2) is 8.20. The number of carbonyl (C=O) groups excluding carboxylic acids is 1. The molecule has 2 atom stereocenters. The molecule has 1 heterocycles. The standard InChI is InChI=1S/C18H28N2O3/c1-13(2)12-23-16-6-4-5-15(9-16)10-19-18(22)20-8-7-14(3)17(21)11-20/h4-6,9,13-14,17,21H,7-8,10-12H2,1-3H3,(H,19,22). The fourth-order valence-electron chi connectivity index (χ4n) is 2.53. The second-order valence-corrected chi connectivity index (χ2v) is 6.79. The number of aliphatic hydroxyl groups is 1. The first-order valence-corrected chi connectivity index (χ1v) is 8.38. The summed E-state index contributed by atoms with van der Waals surface area (Å²) in [5.41, 5.74) is 1.01. The van der Waals surface area contributed by atoms with Gasteiger partial charge in [0, 0.05) is 19.6 Å². The van der Waals surface area contributed by atoms with Gasteiger partial charge in [0.05, 0.1) is 12.7 Å². The number of β-amino-alcohol motifs (C(OH)–C–C–N with tert-alkyl or cyclic N) is 1. The third kappa shape index (κ3) is 5.43. The lowest BCUT2D eigenvalue weighted by Crippen LogP contribution is -2.49. The summed E-state index contributed by atoms with van der Waals surface area (Å²) in [5, 5.41) is 12.8. The summed E-state index contributed by atoms with van der Waals surface area (Å²) < 4.78 is 5.70. The van der Waals surface area contributed by atoms with Crippen LogP contribution in [-0.2, 0) is 6.54 Å². The van der Waals surface area contributed by atoms with E-state index in [0.29, 0.717) is 32.2 Å². The topological polar surface area (TPSA) is 61.8 Å². The number of nitrogens with one attached hydrogen (secondary N) is 1. The van der Waals surface area contributed by atoms with Crippen molar-refractivity contribution in [2.75, 3.05) is 19.7 Å². The number of benzene rings is 1. The van der Waals surface area contributed by atoms with Crippen molar-refractivity contribution >= 4 is 6.03 Å². The number of piperidine rings is 1. The molecule has 2 amide bonds. The SMILES string of the molecule is CC(C)COc1cccc(CNC(=O)N2CCC(C)C(O)C2)c1. The molecule has 0 aromatic heterocycles. The van der Waals surface area contributed by atoms with E-state index in [2.05, 4.69) is 19.2 Å². The largest absolute Gasteiger partial charge is 0.493 e. The van der Waals surface area contributed by atoms with Crippen molar-refractivity contribution in [1.29, 1.82) is 0 Å². The van der Waals surface area contributed by atoms with Gasteiger partial charge in [-0.05, 0) is 36.0 Å². The van der Waals surface area contributed by atoms with Crippen LogP contribution in [0.3, 0.4) is 0 Å². The van der Waals surface area contributed by atoms with Gasteiger partial charge in [-0.15, -0.1) is 0 Å². The van der Waals surface area contributed by atoms with E-state index in [4.69, 9.17) is 4.74 Å². The Labute approximate surface area is 138 Å². The highest BCUT2D eigenvalue weighted by atomic mass is 16.5. The Hall–Kier alpha value is -1.75. The Morgan fingerprint density at radius 3 is 2.96 bits per heavy atom. The Morgan fingerprint density at radius 1 is 1.48 bits per heavy atom. The number of rotatable bonds is 5. The molecule has 0 spiro atoms. The van der Waals surface area contributed by atoms with Crippen LogP contribution in [0.2, 0.25) is 0 Å². The summed E-state index contributed by atoms with van der Waals surface area (Å²) in [6.07, 6.45) is 0.412.